The first kappa shape index (κ1) is 21.9. The van der Waals surface area contributed by atoms with E-state index in [4.69, 9.17) is 16.7 Å². The lowest BCUT2D eigenvalue weighted by Crippen LogP contribution is -2.53. The zero-order chi connectivity index (χ0) is 21.2. The molecule has 0 spiro atoms. The molecule has 0 radical (unpaired) electrons. The summed E-state index contributed by atoms with van der Waals surface area (Å²) in [6, 6.07) is 3.06. The molecule has 3 heterocycles. The molecule has 3 rings (SSSR count). The Labute approximate surface area is 175 Å². The minimum atomic E-state index is -1.19. The molecular formula is C21H27ClF2N4O. The monoisotopic (exact) mass is 424 g/mol. The molecule has 8 heteroatoms. The molecule has 1 aliphatic rings. The number of hydrogen-bond donors (Lipinski definition) is 2. The number of hydrogen-bond acceptors (Lipinski definition) is 5. The Balaban J connectivity index is 1.75. The standard InChI is InChI=1S/C21H27ClF2N4O/c1-13(4-5-29)27-18-7-19(22)25-9-16(18)20-17(23)6-14(8-26-20)10-28-11-15(12-28)21(2,3)24/h6-9,13,15,29H,4-5,10-12H2,1-3H3,(H,25,27)/t13-/m0/s1. The number of pyridine rings is 2. The number of nitrogens with zero attached hydrogens (tertiary/aromatic N) is 3. The van der Waals surface area contributed by atoms with E-state index in [9.17, 15) is 8.78 Å². The molecule has 1 atom stereocenters. The van der Waals surface area contributed by atoms with Crippen molar-refractivity contribution in [3.05, 3.63) is 41.1 Å². The van der Waals surface area contributed by atoms with E-state index >= 15 is 0 Å². The number of aliphatic hydroxyl groups is 1. The molecular weight excluding hydrogens is 398 g/mol. The summed E-state index contributed by atoms with van der Waals surface area (Å²) in [6.07, 6.45) is 3.67. The van der Waals surface area contributed by atoms with Crippen molar-refractivity contribution in [3.8, 4) is 11.3 Å². The SMILES string of the molecule is C[C@@H](CCO)Nc1cc(Cl)ncc1-c1ncc(CN2CC(C(C)(C)F)C2)cc1F. The van der Waals surface area contributed by atoms with Crippen molar-refractivity contribution in [3.63, 3.8) is 0 Å². The Morgan fingerprint density at radius 3 is 2.66 bits per heavy atom. The first-order valence-electron chi connectivity index (χ1n) is 9.76. The van der Waals surface area contributed by atoms with Crippen LogP contribution < -0.4 is 5.32 Å². The van der Waals surface area contributed by atoms with Gasteiger partial charge in [-0.05, 0) is 44.9 Å². The van der Waals surface area contributed by atoms with Gasteiger partial charge in [-0.1, -0.05) is 11.6 Å². The summed E-state index contributed by atoms with van der Waals surface area (Å²) < 4.78 is 28.8. The summed E-state index contributed by atoms with van der Waals surface area (Å²) in [7, 11) is 0. The van der Waals surface area contributed by atoms with E-state index in [1.54, 1.807) is 26.1 Å². The van der Waals surface area contributed by atoms with E-state index in [1.807, 2.05) is 6.92 Å². The Morgan fingerprint density at radius 2 is 2.03 bits per heavy atom. The average Bonchev–Trinajstić information content (AvgIpc) is 2.58. The van der Waals surface area contributed by atoms with Crippen LogP contribution in [0, 0.1) is 11.7 Å². The molecule has 29 heavy (non-hydrogen) atoms. The second-order valence-corrected chi connectivity index (χ2v) is 8.63. The zero-order valence-corrected chi connectivity index (χ0v) is 17.7. The summed E-state index contributed by atoms with van der Waals surface area (Å²) in [5.41, 5.74) is 0.851. The normalized spacial score (nSPS) is 16.5. The van der Waals surface area contributed by atoms with Crippen LogP contribution in [-0.4, -0.2) is 51.4 Å². The first-order chi connectivity index (χ1) is 13.7. The van der Waals surface area contributed by atoms with Gasteiger partial charge in [0.1, 0.15) is 22.3 Å². The third kappa shape index (κ3) is 5.41. The average molecular weight is 425 g/mol. The van der Waals surface area contributed by atoms with Gasteiger partial charge in [0.05, 0.1) is 0 Å². The van der Waals surface area contributed by atoms with E-state index in [1.165, 1.54) is 12.3 Å². The Morgan fingerprint density at radius 1 is 1.31 bits per heavy atom. The number of aromatic nitrogens is 2. The fraction of sp³-hybridized carbons (Fsp3) is 0.524. The molecule has 158 valence electrons. The van der Waals surface area contributed by atoms with Gasteiger partial charge in [0.2, 0.25) is 0 Å². The van der Waals surface area contributed by atoms with Crippen LogP contribution >= 0.6 is 11.6 Å². The molecule has 0 aromatic carbocycles. The lowest BCUT2D eigenvalue weighted by molar-refractivity contribution is -0.0124. The van der Waals surface area contributed by atoms with Crippen LogP contribution in [0.5, 0.6) is 0 Å². The summed E-state index contributed by atoms with van der Waals surface area (Å²) in [5.74, 6) is -0.443. The maximum Gasteiger partial charge on any atom is 0.149 e. The minimum absolute atomic E-state index is 0.00858. The smallest absolute Gasteiger partial charge is 0.149 e. The summed E-state index contributed by atoms with van der Waals surface area (Å²) in [5, 5.41) is 12.6. The summed E-state index contributed by atoms with van der Waals surface area (Å²) in [4.78, 5) is 10.5. The van der Waals surface area contributed by atoms with E-state index in [0.717, 1.165) is 5.56 Å². The van der Waals surface area contributed by atoms with Crippen molar-refractivity contribution in [1.29, 1.82) is 0 Å². The molecule has 5 nitrogen and oxygen atoms in total. The predicted octanol–water partition coefficient (Wildman–Crippen LogP) is 4.30. The van der Waals surface area contributed by atoms with E-state index in [2.05, 4.69) is 20.2 Å². The molecule has 1 aliphatic heterocycles. The van der Waals surface area contributed by atoms with Gasteiger partial charge in [0.25, 0.3) is 0 Å². The molecule has 0 saturated carbocycles. The largest absolute Gasteiger partial charge is 0.396 e. The van der Waals surface area contributed by atoms with E-state index < -0.39 is 11.5 Å². The highest BCUT2D eigenvalue weighted by atomic mass is 35.5. The van der Waals surface area contributed by atoms with Crippen LogP contribution in [0.1, 0.15) is 32.8 Å². The molecule has 0 unspecified atom stereocenters. The third-order valence-electron chi connectivity index (χ3n) is 5.32. The van der Waals surface area contributed by atoms with Crippen molar-refractivity contribution in [2.24, 2.45) is 5.92 Å². The van der Waals surface area contributed by atoms with Crippen molar-refractivity contribution in [2.75, 3.05) is 25.0 Å². The quantitative estimate of drug-likeness (QED) is 0.619. The highest BCUT2D eigenvalue weighted by molar-refractivity contribution is 6.29. The Hall–Kier alpha value is -1.83. The molecule has 0 aliphatic carbocycles. The number of alkyl halides is 1. The van der Waals surface area contributed by atoms with Crippen molar-refractivity contribution in [1.82, 2.24) is 14.9 Å². The number of nitrogens with one attached hydrogen (secondary N) is 1. The summed E-state index contributed by atoms with van der Waals surface area (Å²) in [6.45, 7) is 7.00. The number of rotatable bonds is 8. The second kappa shape index (κ2) is 8.90. The van der Waals surface area contributed by atoms with Crippen LogP contribution in [0.25, 0.3) is 11.3 Å². The fourth-order valence-corrected chi connectivity index (χ4v) is 3.58. The van der Waals surface area contributed by atoms with Crippen molar-refractivity contribution >= 4 is 17.3 Å². The number of anilines is 1. The van der Waals surface area contributed by atoms with Crippen LogP contribution in [0.15, 0.2) is 24.5 Å². The molecule has 1 fully saturated rings. The van der Waals surface area contributed by atoms with Gasteiger partial charge in [0, 0.05) is 61.8 Å². The fourth-order valence-electron chi connectivity index (χ4n) is 3.42. The molecule has 0 amide bonds. The number of halogens is 3. The lowest BCUT2D eigenvalue weighted by Gasteiger charge is -2.44. The van der Waals surface area contributed by atoms with Gasteiger partial charge >= 0.3 is 0 Å². The van der Waals surface area contributed by atoms with Crippen LogP contribution in [0.3, 0.4) is 0 Å². The van der Waals surface area contributed by atoms with Gasteiger partial charge in [-0.25, -0.2) is 13.8 Å². The zero-order valence-electron chi connectivity index (χ0n) is 16.9. The van der Waals surface area contributed by atoms with Gasteiger partial charge < -0.3 is 10.4 Å². The molecule has 2 N–H and O–H groups in total. The van der Waals surface area contributed by atoms with E-state index in [0.29, 0.717) is 37.3 Å². The molecule has 2 aromatic rings. The molecule has 2 aromatic heterocycles. The van der Waals surface area contributed by atoms with Crippen LogP contribution in [-0.2, 0) is 6.54 Å². The maximum absolute atomic E-state index is 14.9. The van der Waals surface area contributed by atoms with E-state index in [-0.39, 0.29) is 29.4 Å². The maximum atomic E-state index is 14.9. The highest BCUT2D eigenvalue weighted by Gasteiger charge is 2.38. The van der Waals surface area contributed by atoms with Gasteiger partial charge in [-0.15, -0.1) is 0 Å². The lowest BCUT2D eigenvalue weighted by atomic mass is 9.85. The highest BCUT2D eigenvalue weighted by Crippen LogP contribution is 2.33. The second-order valence-electron chi connectivity index (χ2n) is 8.24. The predicted molar refractivity (Wildman–Crippen MR) is 111 cm³/mol. The van der Waals surface area contributed by atoms with Crippen molar-refractivity contribution in [2.45, 2.75) is 45.4 Å². The van der Waals surface area contributed by atoms with Crippen LogP contribution in [0.4, 0.5) is 14.5 Å². The topological polar surface area (TPSA) is 61.3 Å². The number of aliphatic hydroxyl groups excluding tert-OH is 1. The summed E-state index contributed by atoms with van der Waals surface area (Å²) >= 11 is 6.01. The first-order valence-corrected chi connectivity index (χ1v) is 10.1. The third-order valence-corrected chi connectivity index (χ3v) is 5.53. The van der Waals surface area contributed by atoms with Gasteiger partial charge in [-0.3, -0.25) is 9.88 Å². The molecule has 1 saturated heterocycles. The minimum Gasteiger partial charge on any atom is -0.396 e. The van der Waals surface area contributed by atoms with Crippen molar-refractivity contribution < 1.29 is 13.9 Å². The van der Waals surface area contributed by atoms with Crippen LogP contribution in [0.2, 0.25) is 5.15 Å². The van der Waals surface area contributed by atoms with Gasteiger partial charge in [-0.2, -0.15) is 0 Å². The Kier molecular flexibility index (Phi) is 6.71. The van der Waals surface area contributed by atoms with Gasteiger partial charge in [0.15, 0.2) is 0 Å². The molecule has 0 bridgehead atoms. The number of likely N-dealkylation sites (tertiary alicyclic amines) is 1. The Bertz CT molecular complexity index is 853.